The van der Waals surface area contributed by atoms with Crippen molar-refractivity contribution >= 4 is 12.4 Å². The minimum atomic E-state index is -0.135. The van der Waals surface area contributed by atoms with Crippen LogP contribution in [0, 0.1) is 6.54 Å². The van der Waals surface area contributed by atoms with Crippen LogP contribution in [0.3, 0.4) is 0 Å². The Labute approximate surface area is 64.7 Å². The van der Waals surface area contributed by atoms with E-state index in [4.69, 9.17) is 4.74 Å². The Bertz CT molecular complexity index is 214. The molecule has 56 valence electrons. The van der Waals surface area contributed by atoms with Crippen molar-refractivity contribution in [2.24, 2.45) is 9.98 Å². The molecular formula is C7H7N3O. The van der Waals surface area contributed by atoms with Crippen LogP contribution < -0.4 is 5.32 Å². The van der Waals surface area contributed by atoms with E-state index in [1.54, 1.807) is 24.9 Å². The van der Waals surface area contributed by atoms with Gasteiger partial charge in [0, 0.05) is 18.6 Å². The van der Waals surface area contributed by atoms with Gasteiger partial charge in [0.15, 0.2) is 6.23 Å². The average Bonchev–Trinajstić information content (AvgIpc) is 2.58. The van der Waals surface area contributed by atoms with E-state index in [1.165, 1.54) is 0 Å². The topological polar surface area (TPSA) is 46.0 Å². The molecule has 4 nitrogen and oxygen atoms in total. The lowest BCUT2D eigenvalue weighted by Gasteiger charge is -2.17. The average molecular weight is 149 g/mol. The van der Waals surface area contributed by atoms with Gasteiger partial charge in [0.05, 0.1) is 0 Å². The summed E-state index contributed by atoms with van der Waals surface area (Å²) in [7, 11) is 0. The smallest absolute Gasteiger partial charge is 0.193 e. The number of hydrogen-bond acceptors (Lipinski definition) is 4. The van der Waals surface area contributed by atoms with Crippen molar-refractivity contribution in [3.8, 4) is 0 Å². The van der Waals surface area contributed by atoms with Gasteiger partial charge in [-0.3, -0.25) is 9.98 Å². The van der Waals surface area contributed by atoms with Gasteiger partial charge in [0.2, 0.25) is 0 Å². The molecule has 2 unspecified atom stereocenters. The molecule has 2 aliphatic heterocycles. The molecule has 1 N–H and O–H groups in total. The Hall–Kier alpha value is -1.32. The molecule has 4 heteroatoms. The minimum absolute atomic E-state index is 0.130. The lowest BCUT2D eigenvalue weighted by Crippen LogP contribution is -2.35. The van der Waals surface area contributed by atoms with Crippen molar-refractivity contribution in [2.75, 3.05) is 0 Å². The van der Waals surface area contributed by atoms with Gasteiger partial charge >= 0.3 is 0 Å². The molecule has 0 aromatic carbocycles. The van der Waals surface area contributed by atoms with Gasteiger partial charge in [-0.25, -0.2) is 0 Å². The first-order valence-corrected chi connectivity index (χ1v) is 3.34. The van der Waals surface area contributed by atoms with E-state index < -0.39 is 0 Å². The highest BCUT2D eigenvalue weighted by Gasteiger charge is 2.23. The SMILES string of the molecule is [C]1N=CC=NC1C1NC=CO1. The van der Waals surface area contributed by atoms with Crippen LogP contribution in [0.4, 0.5) is 0 Å². The Morgan fingerprint density at radius 1 is 1.45 bits per heavy atom. The Kier molecular flexibility index (Phi) is 1.59. The van der Waals surface area contributed by atoms with E-state index in [0.29, 0.717) is 0 Å². The fourth-order valence-electron chi connectivity index (χ4n) is 0.926. The molecule has 0 aromatic rings. The minimum Gasteiger partial charge on any atom is -0.474 e. The molecule has 0 bridgehead atoms. The highest BCUT2D eigenvalue weighted by atomic mass is 16.5. The van der Waals surface area contributed by atoms with E-state index >= 15 is 0 Å². The Morgan fingerprint density at radius 2 is 2.45 bits per heavy atom. The number of nitrogens with one attached hydrogen (secondary N) is 1. The maximum atomic E-state index is 5.15. The number of rotatable bonds is 1. The summed E-state index contributed by atoms with van der Waals surface area (Å²) in [5.74, 6) is 0. The predicted octanol–water partition coefficient (Wildman–Crippen LogP) is -0.0339. The first kappa shape index (κ1) is 6.39. The lowest BCUT2D eigenvalue weighted by atomic mass is 10.2. The van der Waals surface area contributed by atoms with Gasteiger partial charge in [-0.15, -0.1) is 0 Å². The van der Waals surface area contributed by atoms with Gasteiger partial charge in [-0.2, -0.15) is 0 Å². The number of nitrogens with zero attached hydrogens (tertiary/aromatic N) is 2. The van der Waals surface area contributed by atoms with Gasteiger partial charge in [0.1, 0.15) is 18.8 Å². The van der Waals surface area contributed by atoms with Crippen LogP contribution in [0.15, 0.2) is 22.4 Å². The molecule has 2 atom stereocenters. The molecule has 11 heavy (non-hydrogen) atoms. The van der Waals surface area contributed by atoms with Gasteiger partial charge in [-0.1, -0.05) is 0 Å². The summed E-state index contributed by atoms with van der Waals surface area (Å²) in [4.78, 5) is 7.93. The molecular weight excluding hydrogens is 142 g/mol. The summed E-state index contributed by atoms with van der Waals surface area (Å²) in [5.41, 5.74) is 0. The maximum Gasteiger partial charge on any atom is 0.193 e. The van der Waals surface area contributed by atoms with Crippen LogP contribution in [-0.4, -0.2) is 24.7 Å². The Balaban J connectivity index is 1.95. The summed E-state index contributed by atoms with van der Waals surface area (Å²) in [5, 5.41) is 2.97. The van der Waals surface area contributed by atoms with Crippen LogP contribution in [0.2, 0.25) is 0 Å². The molecule has 0 saturated heterocycles. The molecule has 2 rings (SSSR count). The first-order chi connectivity index (χ1) is 5.47. The van der Waals surface area contributed by atoms with Crippen molar-refractivity contribution in [1.82, 2.24) is 5.32 Å². The summed E-state index contributed by atoms with van der Waals surface area (Å²) in [6, 6.07) is -0.130. The molecule has 0 saturated carbocycles. The third-order valence-corrected chi connectivity index (χ3v) is 1.44. The quantitative estimate of drug-likeness (QED) is 0.569. The van der Waals surface area contributed by atoms with Crippen LogP contribution in [0.1, 0.15) is 0 Å². The summed E-state index contributed by atoms with van der Waals surface area (Å²) < 4.78 is 5.15. The Morgan fingerprint density at radius 3 is 3.09 bits per heavy atom. The van der Waals surface area contributed by atoms with E-state index in [9.17, 15) is 0 Å². The zero-order chi connectivity index (χ0) is 7.52. The number of ether oxygens (including phenoxy) is 1. The third-order valence-electron chi connectivity index (χ3n) is 1.44. The molecule has 2 heterocycles. The van der Waals surface area contributed by atoms with Crippen molar-refractivity contribution in [3.05, 3.63) is 19.0 Å². The second kappa shape index (κ2) is 2.74. The standard InChI is InChI=1S/C7H7N3O/c1-2-9-6(5-8-1)7-10-3-4-11-7/h1-4,6-7,10H. The molecule has 0 aliphatic carbocycles. The molecule has 0 amide bonds. The lowest BCUT2D eigenvalue weighted by molar-refractivity contribution is 0.135. The van der Waals surface area contributed by atoms with Gasteiger partial charge in [0.25, 0.3) is 0 Å². The predicted molar refractivity (Wildman–Crippen MR) is 41.2 cm³/mol. The second-order valence-corrected chi connectivity index (χ2v) is 2.18. The first-order valence-electron chi connectivity index (χ1n) is 3.34. The van der Waals surface area contributed by atoms with E-state index in [1.807, 2.05) is 0 Å². The summed E-state index contributed by atoms with van der Waals surface area (Å²) in [6.07, 6.45) is 6.44. The van der Waals surface area contributed by atoms with Gasteiger partial charge in [-0.05, 0) is 0 Å². The van der Waals surface area contributed by atoms with Crippen LogP contribution >= 0.6 is 0 Å². The molecule has 2 aliphatic rings. The summed E-state index contributed by atoms with van der Waals surface area (Å²) in [6.45, 7) is 2.81. The van der Waals surface area contributed by atoms with Crippen LogP contribution in [-0.2, 0) is 4.74 Å². The molecule has 2 radical (unpaired) electrons. The van der Waals surface area contributed by atoms with Crippen LogP contribution in [0.25, 0.3) is 0 Å². The normalized spacial score (nSPS) is 33.5. The number of aliphatic imine (C=N–C) groups is 2. The van der Waals surface area contributed by atoms with E-state index in [0.717, 1.165) is 0 Å². The van der Waals surface area contributed by atoms with E-state index in [-0.39, 0.29) is 12.3 Å². The summed E-state index contributed by atoms with van der Waals surface area (Å²) >= 11 is 0. The number of hydrogen-bond donors (Lipinski definition) is 1. The van der Waals surface area contributed by atoms with Crippen molar-refractivity contribution in [2.45, 2.75) is 12.3 Å². The van der Waals surface area contributed by atoms with Crippen molar-refractivity contribution in [1.29, 1.82) is 0 Å². The highest BCUT2D eigenvalue weighted by molar-refractivity contribution is 6.16. The maximum absolute atomic E-state index is 5.15. The fraction of sp³-hybridized carbons (Fsp3) is 0.286. The zero-order valence-electron chi connectivity index (χ0n) is 5.77. The van der Waals surface area contributed by atoms with Crippen LogP contribution in [0.5, 0.6) is 0 Å². The van der Waals surface area contributed by atoms with Gasteiger partial charge < -0.3 is 10.1 Å². The largest absolute Gasteiger partial charge is 0.474 e. The van der Waals surface area contributed by atoms with E-state index in [2.05, 4.69) is 21.8 Å². The second-order valence-electron chi connectivity index (χ2n) is 2.18. The zero-order valence-corrected chi connectivity index (χ0v) is 5.77. The third kappa shape index (κ3) is 1.24. The highest BCUT2D eigenvalue weighted by Crippen LogP contribution is 2.10. The fourth-order valence-corrected chi connectivity index (χ4v) is 0.926. The molecule has 0 aromatic heterocycles. The van der Waals surface area contributed by atoms with Crippen molar-refractivity contribution < 1.29 is 4.74 Å². The monoisotopic (exact) mass is 149 g/mol. The molecule has 0 spiro atoms. The van der Waals surface area contributed by atoms with Crippen molar-refractivity contribution in [3.63, 3.8) is 0 Å². The molecule has 0 fully saturated rings.